The molecule has 116 valence electrons. The average molecular weight is 310 g/mol. The molecule has 2 fully saturated rings. The maximum atomic E-state index is 12.1. The van der Waals surface area contributed by atoms with E-state index in [0.29, 0.717) is 0 Å². The summed E-state index contributed by atoms with van der Waals surface area (Å²) in [5.41, 5.74) is 1.04. The third-order valence-electron chi connectivity index (χ3n) is 4.57. The van der Waals surface area contributed by atoms with Crippen LogP contribution in [0.5, 0.6) is 0 Å². The minimum absolute atomic E-state index is 0.0155. The molecule has 0 N–H and O–H groups in total. The highest BCUT2D eigenvalue weighted by Gasteiger charge is 2.42. The van der Waals surface area contributed by atoms with Crippen molar-refractivity contribution in [3.8, 4) is 0 Å². The highest BCUT2D eigenvalue weighted by atomic mass is 32.2. The summed E-state index contributed by atoms with van der Waals surface area (Å²) in [5.74, 6) is 0. The van der Waals surface area contributed by atoms with Gasteiger partial charge in [-0.2, -0.15) is 8.42 Å². The van der Waals surface area contributed by atoms with Gasteiger partial charge >= 0.3 is 0 Å². The van der Waals surface area contributed by atoms with E-state index in [4.69, 9.17) is 8.92 Å². The molecule has 0 radical (unpaired) electrons. The van der Waals surface area contributed by atoms with Gasteiger partial charge in [-0.15, -0.1) is 0 Å². The first-order chi connectivity index (χ1) is 9.99. The Morgan fingerprint density at radius 1 is 1.19 bits per heavy atom. The minimum atomic E-state index is -3.68. The van der Waals surface area contributed by atoms with Crippen molar-refractivity contribution >= 4 is 10.1 Å². The molecular weight excluding hydrogens is 288 g/mol. The highest BCUT2D eigenvalue weighted by molar-refractivity contribution is 7.86. The minimum Gasteiger partial charge on any atom is -0.369 e. The van der Waals surface area contributed by atoms with E-state index in [9.17, 15) is 8.42 Å². The normalized spacial score (nSPS) is 24.7. The van der Waals surface area contributed by atoms with E-state index < -0.39 is 10.1 Å². The lowest BCUT2D eigenvalue weighted by Crippen LogP contribution is -2.27. The van der Waals surface area contributed by atoms with Crippen LogP contribution in [0.25, 0.3) is 0 Å². The van der Waals surface area contributed by atoms with Gasteiger partial charge in [0.1, 0.15) is 0 Å². The number of hydrogen-bond donors (Lipinski definition) is 0. The quantitative estimate of drug-likeness (QED) is 0.801. The van der Waals surface area contributed by atoms with Gasteiger partial charge < -0.3 is 4.74 Å². The Kier molecular flexibility index (Phi) is 4.08. The van der Waals surface area contributed by atoms with Crippen LogP contribution >= 0.6 is 0 Å². The molecule has 1 aliphatic heterocycles. The second kappa shape index (κ2) is 5.71. The lowest BCUT2D eigenvalue weighted by atomic mass is 9.98. The lowest BCUT2D eigenvalue weighted by Gasteiger charge is -2.23. The van der Waals surface area contributed by atoms with Crippen LogP contribution < -0.4 is 0 Å². The summed E-state index contributed by atoms with van der Waals surface area (Å²) in [4.78, 5) is 0.210. The van der Waals surface area contributed by atoms with Crippen molar-refractivity contribution in [1.82, 2.24) is 0 Å². The summed E-state index contributed by atoms with van der Waals surface area (Å²) in [5, 5.41) is 0. The number of hydrogen-bond acceptors (Lipinski definition) is 4. The smallest absolute Gasteiger partial charge is 0.297 e. The summed E-state index contributed by atoms with van der Waals surface area (Å²) in [6.45, 7) is 2.04. The monoisotopic (exact) mass is 310 g/mol. The zero-order valence-electron chi connectivity index (χ0n) is 12.4. The van der Waals surface area contributed by atoms with Crippen LogP contribution in [0.1, 0.15) is 44.1 Å². The van der Waals surface area contributed by atoms with Gasteiger partial charge in [0.05, 0.1) is 23.2 Å². The predicted octanol–water partition coefficient (Wildman–Crippen LogP) is 3.19. The van der Waals surface area contributed by atoms with Gasteiger partial charge in [-0.25, -0.2) is 0 Å². The van der Waals surface area contributed by atoms with Gasteiger partial charge in [0.25, 0.3) is 10.1 Å². The van der Waals surface area contributed by atoms with E-state index in [-0.39, 0.29) is 23.2 Å². The Morgan fingerprint density at radius 2 is 1.86 bits per heavy atom. The molecule has 1 saturated heterocycles. The molecule has 21 heavy (non-hydrogen) atoms. The van der Waals surface area contributed by atoms with Crippen LogP contribution in [-0.4, -0.2) is 26.7 Å². The Bertz CT molecular complexity index is 585. The first kappa shape index (κ1) is 15.0. The van der Waals surface area contributed by atoms with Crippen LogP contribution in [0, 0.1) is 6.92 Å². The molecule has 0 bridgehead atoms. The highest BCUT2D eigenvalue weighted by Crippen LogP contribution is 2.43. The topological polar surface area (TPSA) is 52.6 Å². The van der Waals surface area contributed by atoms with Crippen molar-refractivity contribution in [3.05, 3.63) is 29.8 Å². The molecule has 0 aromatic heterocycles. The van der Waals surface area contributed by atoms with Gasteiger partial charge in [-0.1, -0.05) is 30.5 Å². The summed E-state index contributed by atoms with van der Waals surface area (Å²) in [6.07, 6.45) is 6.48. The Hall–Kier alpha value is -0.910. The van der Waals surface area contributed by atoms with Gasteiger partial charge in [0.15, 0.2) is 0 Å². The van der Waals surface area contributed by atoms with Crippen molar-refractivity contribution in [3.63, 3.8) is 0 Å². The molecule has 2 aliphatic rings. The predicted molar refractivity (Wildman–Crippen MR) is 79.6 cm³/mol. The zero-order valence-corrected chi connectivity index (χ0v) is 13.2. The summed E-state index contributed by atoms with van der Waals surface area (Å²) in [7, 11) is -3.68. The van der Waals surface area contributed by atoms with Crippen molar-refractivity contribution in [1.29, 1.82) is 0 Å². The van der Waals surface area contributed by atoms with Crippen molar-refractivity contribution in [2.75, 3.05) is 6.61 Å². The van der Waals surface area contributed by atoms with E-state index in [1.807, 2.05) is 6.92 Å². The number of ether oxygens (including phenoxy) is 1. The molecule has 0 amide bonds. The largest absolute Gasteiger partial charge is 0.369 e. The lowest BCUT2D eigenvalue weighted by molar-refractivity contribution is -0.0502. The number of benzene rings is 1. The van der Waals surface area contributed by atoms with Crippen LogP contribution in [-0.2, 0) is 19.0 Å². The zero-order chi connectivity index (χ0) is 14.9. The molecule has 5 heteroatoms. The maximum Gasteiger partial charge on any atom is 0.297 e. The number of aryl methyl sites for hydroxylation is 1. The standard InChI is InChI=1S/C16H22O4S/c1-13-4-6-15(7-5-13)21(17,18)19-12-14-8-11-16(20-14)9-2-3-10-16/h4-7,14H,2-3,8-12H2,1H3. The maximum absolute atomic E-state index is 12.1. The average Bonchev–Trinajstić information content (AvgIpc) is 3.08. The molecule has 3 rings (SSSR count). The van der Waals surface area contributed by atoms with E-state index in [1.54, 1.807) is 24.3 Å². The Labute approximate surface area is 126 Å². The van der Waals surface area contributed by atoms with E-state index in [2.05, 4.69) is 0 Å². The van der Waals surface area contributed by atoms with Crippen molar-refractivity contribution in [2.45, 2.75) is 62.0 Å². The molecule has 1 aromatic rings. The Balaban J connectivity index is 1.58. The first-order valence-corrected chi connectivity index (χ1v) is 9.04. The Morgan fingerprint density at radius 3 is 2.52 bits per heavy atom. The first-order valence-electron chi connectivity index (χ1n) is 7.63. The van der Waals surface area contributed by atoms with Crippen LogP contribution in [0.2, 0.25) is 0 Å². The van der Waals surface area contributed by atoms with Crippen LogP contribution in [0.3, 0.4) is 0 Å². The summed E-state index contributed by atoms with van der Waals surface area (Å²) in [6, 6.07) is 6.71. The number of rotatable bonds is 4. The molecular formula is C16H22O4S. The van der Waals surface area contributed by atoms with Gasteiger partial charge in [0.2, 0.25) is 0 Å². The van der Waals surface area contributed by atoms with E-state index in [0.717, 1.165) is 31.2 Å². The molecule has 4 nitrogen and oxygen atoms in total. The molecule has 1 unspecified atom stereocenters. The molecule has 1 atom stereocenters. The third-order valence-corrected chi connectivity index (χ3v) is 5.87. The summed E-state index contributed by atoms with van der Waals surface area (Å²) >= 11 is 0. The summed E-state index contributed by atoms with van der Waals surface area (Å²) < 4.78 is 35.5. The molecule has 1 spiro atoms. The van der Waals surface area contributed by atoms with E-state index >= 15 is 0 Å². The fourth-order valence-electron chi connectivity index (χ4n) is 3.34. The fourth-order valence-corrected chi connectivity index (χ4v) is 4.27. The second-order valence-corrected chi connectivity index (χ2v) is 7.84. The van der Waals surface area contributed by atoms with Crippen molar-refractivity contribution < 1.29 is 17.3 Å². The van der Waals surface area contributed by atoms with Crippen LogP contribution in [0.15, 0.2) is 29.2 Å². The fraction of sp³-hybridized carbons (Fsp3) is 0.625. The molecule has 1 heterocycles. The van der Waals surface area contributed by atoms with Crippen LogP contribution in [0.4, 0.5) is 0 Å². The van der Waals surface area contributed by atoms with Gasteiger partial charge in [-0.05, 0) is 44.7 Å². The molecule has 1 aromatic carbocycles. The molecule has 1 aliphatic carbocycles. The van der Waals surface area contributed by atoms with Crippen molar-refractivity contribution in [2.24, 2.45) is 0 Å². The SMILES string of the molecule is Cc1ccc(S(=O)(=O)OCC2CCC3(CCCC3)O2)cc1. The second-order valence-electron chi connectivity index (χ2n) is 6.22. The van der Waals surface area contributed by atoms with E-state index in [1.165, 1.54) is 12.8 Å². The third kappa shape index (κ3) is 3.30. The van der Waals surface area contributed by atoms with Gasteiger partial charge in [0, 0.05) is 0 Å². The molecule has 1 saturated carbocycles. The van der Waals surface area contributed by atoms with Gasteiger partial charge in [-0.3, -0.25) is 4.18 Å².